The summed E-state index contributed by atoms with van der Waals surface area (Å²) in [7, 11) is 0. The molecule has 3 N–H and O–H groups in total. The summed E-state index contributed by atoms with van der Waals surface area (Å²) in [4.78, 5) is 12.5. The Bertz CT molecular complexity index is 895. The van der Waals surface area contributed by atoms with Gasteiger partial charge in [-0.25, -0.2) is 0 Å². The molecule has 0 radical (unpaired) electrons. The van der Waals surface area contributed by atoms with Crippen LogP contribution in [0, 0.1) is 39.4 Å². The summed E-state index contributed by atoms with van der Waals surface area (Å²) in [5.74, 6) is -0.696. The number of aliphatic carboxylic acids is 1. The van der Waals surface area contributed by atoms with Crippen molar-refractivity contribution in [3.8, 4) is 0 Å². The molecule has 0 aromatic carbocycles. The standard InChI is InChI=1S/C30H48O4/c1-18(2)9-8-10-19(26(33)34)22-17-25(32)30(7)21-11-12-23-27(3,4)24(31)14-15-28(23,5)20(21)13-16-29(22,30)6/h9,19,22-25,31-32H,8,10-17H2,1-7H3,(H,33,34)/t19-,22-,23+,24+,25+,28-,29-,30-/m1/s1. The number of carboxylic acid groups (broad SMARTS) is 1. The van der Waals surface area contributed by atoms with Crippen molar-refractivity contribution < 1.29 is 20.1 Å². The molecule has 0 heterocycles. The molecule has 4 rings (SSSR count). The van der Waals surface area contributed by atoms with Crippen LogP contribution in [-0.2, 0) is 4.79 Å². The van der Waals surface area contributed by atoms with Crippen molar-refractivity contribution in [2.45, 2.75) is 118 Å². The quantitative estimate of drug-likeness (QED) is 0.398. The minimum atomic E-state index is -0.705. The molecule has 0 aromatic rings. The van der Waals surface area contributed by atoms with Crippen molar-refractivity contribution in [3.05, 3.63) is 22.8 Å². The van der Waals surface area contributed by atoms with E-state index in [1.807, 2.05) is 0 Å². The molecule has 0 aromatic heterocycles. The molecule has 34 heavy (non-hydrogen) atoms. The van der Waals surface area contributed by atoms with Crippen LogP contribution in [0.15, 0.2) is 22.8 Å². The van der Waals surface area contributed by atoms with E-state index in [9.17, 15) is 20.1 Å². The number of hydrogen-bond donors (Lipinski definition) is 3. The van der Waals surface area contributed by atoms with Crippen molar-refractivity contribution >= 4 is 5.97 Å². The van der Waals surface area contributed by atoms with E-state index in [-0.39, 0.29) is 33.7 Å². The van der Waals surface area contributed by atoms with Crippen LogP contribution in [0.2, 0.25) is 0 Å². The zero-order valence-electron chi connectivity index (χ0n) is 22.6. The molecule has 2 fully saturated rings. The lowest BCUT2D eigenvalue weighted by Crippen LogP contribution is -2.56. The summed E-state index contributed by atoms with van der Waals surface area (Å²) in [5.41, 5.74) is 3.58. The van der Waals surface area contributed by atoms with Crippen LogP contribution in [0.5, 0.6) is 0 Å². The van der Waals surface area contributed by atoms with Crippen LogP contribution in [0.3, 0.4) is 0 Å². The van der Waals surface area contributed by atoms with Crippen molar-refractivity contribution in [2.24, 2.45) is 39.4 Å². The Morgan fingerprint density at radius 1 is 1.00 bits per heavy atom. The monoisotopic (exact) mass is 472 g/mol. The van der Waals surface area contributed by atoms with E-state index >= 15 is 0 Å². The maximum Gasteiger partial charge on any atom is 0.306 e. The Morgan fingerprint density at radius 2 is 1.68 bits per heavy atom. The fourth-order valence-corrected chi connectivity index (χ4v) is 9.42. The lowest BCUT2D eigenvalue weighted by atomic mass is 9.43. The molecule has 0 unspecified atom stereocenters. The topological polar surface area (TPSA) is 77.8 Å². The highest BCUT2D eigenvalue weighted by Gasteiger charge is 2.67. The molecule has 0 bridgehead atoms. The number of carbonyl (C=O) groups is 1. The maximum atomic E-state index is 12.5. The Morgan fingerprint density at radius 3 is 2.29 bits per heavy atom. The van der Waals surface area contributed by atoms with E-state index in [0.717, 1.165) is 44.9 Å². The number of hydrogen-bond acceptors (Lipinski definition) is 3. The fraction of sp³-hybridized carbons (Fsp3) is 0.833. The zero-order chi connectivity index (χ0) is 25.3. The van der Waals surface area contributed by atoms with Gasteiger partial charge in [0.15, 0.2) is 0 Å². The molecule has 0 aliphatic heterocycles. The summed E-state index contributed by atoms with van der Waals surface area (Å²) >= 11 is 0. The largest absolute Gasteiger partial charge is 0.481 e. The van der Waals surface area contributed by atoms with Crippen LogP contribution >= 0.6 is 0 Å². The molecule has 0 spiro atoms. The minimum Gasteiger partial charge on any atom is -0.481 e. The third-order valence-electron chi connectivity index (χ3n) is 11.7. The van der Waals surface area contributed by atoms with Gasteiger partial charge in [0.25, 0.3) is 0 Å². The second kappa shape index (κ2) is 8.47. The first-order valence-electron chi connectivity index (χ1n) is 13.7. The first-order valence-corrected chi connectivity index (χ1v) is 13.7. The first kappa shape index (κ1) is 25.9. The molecule has 2 saturated carbocycles. The minimum absolute atomic E-state index is 0.0141. The smallest absolute Gasteiger partial charge is 0.306 e. The Kier molecular flexibility index (Phi) is 6.47. The van der Waals surface area contributed by atoms with E-state index in [1.165, 1.54) is 11.1 Å². The van der Waals surface area contributed by atoms with Crippen LogP contribution in [0.25, 0.3) is 0 Å². The lowest BCUT2D eigenvalue weighted by molar-refractivity contribution is -0.147. The second-order valence-electron chi connectivity index (χ2n) is 13.6. The summed E-state index contributed by atoms with van der Waals surface area (Å²) in [6.07, 6.45) is 9.21. The summed E-state index contributed by atoms with van der Waals surface area (Å²) in [6, 6.07) is 0. The zero-order valence-corrected chi connectivity index (χ0v) is 22.6. The molecule has 8 atom stereocenters. The van der Waals surface area contributed by atoms with Gasteiger partial charge in [0.1, 0.15) is 0 Å². The average Bonchev–Trinajstić information content (AvgIpc) is 2.95. The van der Waals surface area contributed by atoms with E-state index < -0.39 is 18.0 Å². The van der Waals surface area contributed by atoms with Crippen LogP contribution in [0.1, 0.15) is 106 Å². The van der Waals surface area contributed by atoms with Gasteiger partial charge in [0.2, 0.25) is 0 Å². The number of aliphatic hydroxyl groups excluding tert-OH is 2. The molecule has 0 amide bonds. The highest BCUT2D eigenvalue weighted by molar-refractivity contribution is 5.71. The van der Waals surface area contributed by atoms with Crippen molar-refractivity contribution in [1.82, 2.24) is 0 Å². The average molecular weight is 473 g/mol. The third-order valence-corrected chi connectivity index (χ3v) is 11.7. The van der Waals surface area contributed by atoms with Gasteiger partial charge >= 0.3 is 5.97 Å². The van der Waals surface area contributed by atoms with Gasteiger partial charge in [0.05, 0.1) is 18.1 Å². The molecule has 4 nitrogen and oxygen atoms in total. The molecule has 0 saturated heterocycles. The van der Waals surface area contributed by atoms with Gasteiger partial charge in [-0.3, -0.25) is 4.79 Å². The number of rotatable bonds is 5. The number of carboxylic acids is 1. The Balaban J connectivity index is 1.74. The number of aliphatic hydroxyl groups is 2. The predicted molar refractivity (Wildman–Crippen MR) is 136 cm³/mol. The molecule has 4 aliphatic carbocycles. The highest BCUT2D eigenvalue weighted by Crippen LogP contribution is 2.72. The van der Waals surface area contributed by atoms with E-state index in [1.54, 1.807) is 5.57 Å². The normalized spacial score (nSPS) is 44.0. The Labute approximate surface area is 206 Å². The maximum absolute atomic E-state index is 12.5. The molecule has 4 aliphatic rings. The van der Waals surface area contributed by atoms with Crippen LogP contribution in [-0.4, -0.2) is 33.5 Å². The van der Waals surface area contributed by atoms with Gasteiger partial charge in [0, 0.05) is 5.41 Å². The third kappa shape index (κ3) is 3.49. The molecule has 4 heteroatoms. The van der Waals surface area contributed by atoms with Gasteiger partial charge in [-0.05, 0) is 99.7 Å². The van der Waals surface area contributed by atoms with Gasteiger partial charge in [-0.1, -0.05) is 57.4 Å². The van der Waals surface area contributed by atoms with E-state index in [2.05, 4.69) is 54.5 Å². The predicted octanol–water partition coefficient (Wildman–Crippen LogP) is 6.51. The first-order chi connectivity index (χ1) is 15.7. The van der Waals surface area contributed by atoms with Gasteiger partial charge < -0.3 is 15.3 Å². The highest BCUT2D eigenvalue weighted by atomic mass is 16.4. The van der Waals surface area contributed by atoms with Gasteiger partial charge in [-0.15, -0.1) is 0 Å². The summed E-state index contributed by atoms with van der Waals surface area (Å²) in [6.45, 7) is 15.6. The molecular formula is C30H48O4. The van der Waals surface area contributed by atoms with Crippen molar-refractivity contribution in [2.75, 3.05) is 0 Å². The molecular weight excluding hydrogens is 424 g/mol. The van der Waals surface area contributed by atoms with E-state index in [0.29, 0.717) is 18.8 Å². The number of allylic oxidation sites excluding steroid dienone is 3. The number of fused-ring (bicyclic) bond motifs is 4. The van der Waals surface area contributed by atoms with Crippen molar-refractivity contribution in [3.63, 3.8) is 0 Å². The molecule has 192 valence electrons. The lowest BCUT2D eigenvalue weighted by Gasteiger charge is -2.62. The SMILES string of the molecule is CC(C)=CCC[C@@H](C(=O)O)[C@H]1C[C@H](O)[C@@]2(C)C3=C(CC[C@]12C)[C@@]1(C)CC[C@H](O)C(C)(C)[C@@H]1CC3. The van der Waals surface area contributed by atoms with Crippen LogP contribution < -0.4 is 0 Å². The second-order valence-corrected chi connectivity index (χ2v) is 13.6. The van der Waals surface area contributed by atoms with Crippen molar-refractivity contribution in [1.29, 1.82) is 0 Å². The van der Waals surface area contributed by atoms with Crippen LogP contribution in [0.4, 0.5) is 0 Å². The van der Waals surface area contributed by atoms with E-state index in [4.69, 9.17) is 0 Å². The summed E-state index contributed by atoms with van der Waals surface area (Å²) in [5, 5.41) is 32.7. The summed E-state index contributed by atoms with van der Waals surface area (Å²) < 4.78 is 0. The Hall–Kier alpha value is -1.13. The van der Waals surface area contributed by atoms with Gasteiger partial charge in [-0.2, -0.15) is 0 Å². The fourth-order valence-electron chi connectivity index (χ4n) is 9.42.